The third-order valence-electron chi connectivity index (χ3n) is 3.06. The maximum absolute atomic E-state index is 11.7. The van der Waals surface area contributed by atoms with Crippen molar-refractivity contribution in [3.05, 3.63) is 46.9 Å². The largest absolute Gasteiger partial charge is 0.352 e. The second-order valence-corrected chi connectivity index (χ2v) is 6.82. The first-order valence-electron chi connectivity index (χ1n) is 6.18. The highest BCUT2D eigenvalue weighted by molar-refractivity contribution is 7.94. The molecule has 0 aliphatic carbocycles. The van der Waals surface area contributed by atoms with Crippen molar-refractivity contribution in [2.75, 3.05) is 5.75 Å². The zero-order chi connectivity index (χ0) is 13.9. The molecule has 1 unspecified atom stereocenters. The Labute approximate surface area is 113 Å². The van der Waals surface area contributed by atoms with E-state index in [0.717, 1.165) is 5.56 Å². The highest BCUT2D eigenvalue weighted by Crippen LogP contribution is 2.18. The van der Waals surface area contributed by atoms with Crippen LogP contribution in [0, 0.1) is 12.8 Å². The van der Waals surface area contributed by atoms with Gasteiger partial charge in [0.2, 0.25) is 5.91 Å². The second kappa shape index (κ2) is 5.57. The molecule has 1 aliphatic heterocycles. The summed E-state index contributed by atoms with van der Waals surface area (Å²) in [6, 6.07) is 7.92. The Morgan fingerprint density at radius 1 is 1.32 bits per heavy atom. The summed E-state index contributed by atoms with van der Waals surface area (Å²) in [6.07, 6.45) is 1.82. The summed E-state index contributed by atoms with van der Waals surface area (Å²) in [4.78, 5) is 11.7. The van der Waals surface area contributed by atoms with Gasteiger partial charge in [0.15, 0.2) is 9.84 Å². The van der Waals surface area contributed by atoms with E-state index in [9.17, 15) is 13.2 Å². The summed E-state index contributed by atoms with van der Waals surface area (Å²) in [7, 11) is -3.07. The van der Waals surface area contributed by atoms with Gasteiger partial charge in [0.05, 0.1) is 5.75 Å². The van der Waals surface area contributed by atoms with Crippen LogP contribution in [0.3, 0.4) is 0 Å². The summed E-state index contributed by atoms with van der Waals surface area (Å²) >= 11 is 0. The van der Waals surface area contributed by atoms with Crippen molar-refractivity contribution in [1.29, 1.82) is 0 Å². The molecule has 1 aliphatic rings. The van der Waals surface area contributed by atoms with Gasteiger partial charge in [0.25, 0.3) is 0 Å². The van der Waals surface area contributed by atoms with Crippen molar-refractivity contribution >= 4 is 15.7 Å². The van der Waals surface area contributed by atoms with Gasteiger partial charge in [0.1, 0.15) is 0 Å². The van der Waals surface area contributed by atoms with Crippen LogP contribution in [0.5, 0.6) is 0 Å². The second-order valence-electron chi connectivity index (χ2n) is 4.88. The molecule has 1 N–H and O–H groups in total. The van der Waals surface area contributed by atoms with Gasteiger partial charge in [-0.15, -0.1) is 0 Å². The third kappa shape index (κ3) is 4.21. The molecular formula is C14H17NO3S. The lowest BCUT2D eigenvalue weighted by atomic mass is 10.1. The van der Waals surface area contributed by atoms with Crippen molar-refractivity contribution < 1.29 is 13.2 Å². The number of rotatable bonds is 4. The van der Waals surface area contributed by atoms with Crippen LogP contribution >= 0.6 is 0 Å². The van der Waals surface area contributed by atoms with Crippen molar-refractivity contribution in [3.8, 4) is 0 Å². The SMILES string of the molecule is Cc1ccc(CNC(=O)CC2C=CS(=O)(=O)C2)cc1. The van der Waals surface area contributed by atoms with Gasteiger partial charge in [-0.3, -0.25) is 4.79 Å². The minimum atomic E-state index is -3.07. The first-order chi connectivity index (χ1) is 8.94. The normalized spacial score (nSPS) is 20.4. The van der Waals surface area contributed by atoms with E-state index in [1.54, 1.807) is 6.08 Å². The molecule has 0 saturated carbocycles. The number of hydrogen-bond donors (Lipinski definition) is 1. The third-order valence-corrected chi connectivity index (χ3v) is 4.53. The van der Waals surface area contributed by atoms with Crippen LogP contribution in [0.4, 0.5) is 0 Å². The highest BCUT2D eigenvalue weighted by Gasteiger charge is 2.23. The summed E-state index contributed by atoms with van der Waals surface area (Å²) in [5.74, 6) is -0.263. The molecule has 2 rings (SSSR count). The molecule has 1 heterocycles. The number of carbonyl (C=O) groups excluding carboxylic acids is 1. The number of sulfone groups is 1. The van der Waals surface area contributed by atoms with Crippen LogP contribution in [0.1, 0.15) is 17.5 Å². The van der Waals surface area contributed by atoms with Gasteiger partial charge >= 0.3 is 0 Å². The average molecular weight is 279 g/mol. The van der Waals surface area contributed by atoms with Crippen molar-refractivity contribution in [3.63, 3.8) is 0 Å². The number of aryl methyl sites for hydroxylation is 1. The van der Waals surface area contributed by atoms with Gasteiger partial charge < -0.3 is 5.32 Å². The minimum absolute atomic E-state index is 0.0466. The van der Waals surface area contributed by atoms with E-state index in [2.05, 4.69) is 5.32 Å². The van der Waals surface area contributed by atoms with Gasteiger partial charge in [-0.25, -0.2) is 8.42 Å². The van der Waals surface area contributed by atoms with E-state index >= 15 is 0 Å². The fraction of sp³-hybridized carbons (Fsp3) is 0.357. The standard InChI is InChI=1S/C14H17NO3S/c1-11-2-4-12(5-3-11)9-15-14(16)8-13-6-7-19(17,18)10-13/h2-7,13H,8-10H2,1H3,(H,15,16). The number of hydrogen-bond acceptors (Lipinski definition) is 3. The quantitative estimate of drug-likeness (QED) is 0.909. The first-order valence-corrected chi connectivity index (χ1v) is 7.89. The summed E-state index contributed by atoms with van der Waals surface area (Å²) in [5, 5.41) is 4.00. The van der Waals surface area contributed by atoms with Crippen LogP contribution in [0.2, 0.25) is 0 Å². The fourth-order valence-electron chi connectivity index (χ4n) is 1.98. The Morgan fingerprint density at radius 2 is 2.00 bits per heavy atom. The molecule has 1 aromatic rings. The van der Waals surface area contributed by atoms with Crippen LogP contribution in [-0.2, 0) is 21.2 Å². The summed E-state index contributed by atoms with van der Waals surface area (Å²) < 4.78 is 22.4. The molecule has 19 heavy (non-hydrogen) atoms. The zero-order valence-electron chi connectivity index (χ0n) is 10.8. The number of allylic oxidation sites excluding steroid dienone is 1. The molecule has 102 valence electrons. The Hall–Kier alpha value is -1.62. The van der Waals surface area contributed by atoms with E-state index in [4.69, 9.17) is 0 Å². The van der Waals surface area contributed by atoms with Crippen LogP contribution in [0.15, 0.2) is 35.7 Å². The number of nitrogens with one attached hydrogen (secondary N) is 1. The minimum Gasteiger partial charge on any atom is -0.352 e. The molecule has 0 fully saturated rings. The first kappa shape index (κ1) is 13.8. The van der Waals surface area contributed by atoms with Crippen LogP contribution < -0.4 is 5.32 Å². The van der Waals surface area contributed by atoms with E-state index in [1.807, 2.05) is 31.2 Å². The molecule has 4 nitrogen and oxygen atoms in total. The lowest BCUT2D eigenvalue weighted by Crippen LogP contribution is -2.25. The fourth-order valence-corrected chi connectivity index (χ4v) is 3.38. The van der Waals surface area contributed by atoms with E-state index in [1.165, 1.54) is 11.0 Å². The van der Waals surface area contributed by atoms with E-state index in [-0.39, 0.29) is 24.0 Å². The lowest BCUT2D eigenvalue weighted by molar-refractivity contribution is -0.121. The molecule has 0 saturated heterocycles. The maximum atomic E-state index is 11.7. The molecule has 1 atom stereocenters. The predicted molar refractivity (Wildman–Crippen MR) is 74.1 cm³/mol. The van der Waals surface area contributed by atoms with Crippen LogP contribution in [0.25, 0.3) is 0 Å². The lowest BCUT2D eigenvalue weighted by Gasteiger charge is -2.08. The summed E-state index contributed by atoms with van der Waals surface area (Å²) in [6.45, 7) is 2.48. The molecule has 0 radical (unpaired) electrons. The molecule has 5 heteroatoms. The molecule has 1 amide bonds. The molecule has 0 aromatic heterocycles. The van der Waals surface area contributed by atoms with Gasteiger partial charge in [-0.1, -0.05) is 35.9 Å². The zero-order valence-corrected chi connectivity index (χ0v) is 11.6. The molecular weight excluding hydrogens is 262 g/mol. The topological polar surface area (TPSA) is 63.2 Å². The Kier molecular flexibility index (Phi) is 4.04. The van der Waals surface area contributed by atoms with E-state index < -0.39 is 9.84 Å². The smallest absolute Gasteiger partial charge is 0.220 e. The Morgan fingerprint density at radius 3 is 2.58 bits per heavy atom. The van der Waals surface area contributed by atoms with Crippen molar-refractivity contribution in [1.82, 2.24) is 5.32 Å². The van der Waals surface area contributed by atoms with E-state index in [0.29, 0.717) is 6.54 Å². The Balaban J connectivity index is 1.79. The van der Waals surface area contributed by atoms with Gasteiger partial charge in [-0.2, -0.15) is 0 Å². The maximum Gasteiger partial charge on any atom is 0.220 e. The van der Waals surface area contributed by atoms with Crippen molar-refractivity contribution in [2.45, 2.75) is 19.9 Å². The predicted octanol–water partition coefficient (Wildman–Crippen LogP) is 1.56. The number of benzene rings is 1. The Bertz CT molecular complexity index is 588. The monoisotopic (exact) mass is 279 g/mol. The van der Waals surface area contributed by atoms with Gasteiger partial charge in [0, 0.05) is 24.3 Å². The highest BCUT2D eigenvalue weighted by atomic mass is 32.2. The molecule has 1 aromatic carbocycles. The summed E-state index contributed by atoms with van der Waals surface area (Å²) in [5.41, 5.74) is 2.21. The van der Waals surface area contributed by atoms with Crippen LogP contribution in [-0.4, -0.2) is 20.1 Å². The molecule has 0 bridgehead atoms. The number of carbonyl (C=O) groups is 1. The van der Waals surface area contributed by atoms with Gasteiger partial charge in [-0.05, 0) is 12.5 Å². The van der Waals surface area contributed by atoms with Crippen molar-refractivity contribution in [2.24, 2.45) is 5.92 Å². The average Bonchev–Trinajstić information content (AvgIpc) is 2.68. The molecule has 0 spiro atoms. The number of amides is 1.